The molecule has 0 spiro atoms. The highest BCUT2D eigenvalue weighted by Crippen LogP contribution is 2.35. The van der Waals surface area contributed by atoms with Crippen LogP contribution >= 0.6 is 0 Å². The first-order valence-corrected chi connectivity index (χ1v) is 10.2. The molecule has 5 heteroatoms. The fourth-order valence-electron chi connectivity index (χ4n) is 4.32. The highest BCUT2D eigenvalue weighted by atomic mass is 16.2. The maximum absolute atomic E-state index is 13.0. The van der Waals surface area contributed by atoms with E-state index in [1.165, 1.54) is 11.1 Å². The van der Waals surface area contributed by atoms with Gasteiger partial charge < -0.3 is 5.32 Å². The highest BCUT2D eigenvalue weighted by Gasteiger charge is 2.28. The van der Waals surface area contributed by atoms with Crippen molar-refractivity contribution < 1.29 is 4.79 Å². The van der Waals surface area contributed by atoms with Crippen LogP contribution in [0.1, 0.15) is 35.0 Å². The molecule has 1 atom stereocenters. The number of carbonyl (C=O) groups excluding carboxylic acids is 1. The first kappa shape index (κ1) is 19.9. The van der Waals surface area contributed by atoms with Gasteiger partial charge in [-0.2, -0.15) is 5.10 Å². The average molecular weight is 399 g/mol. The Kier molecular flexibility index (Phi) is 5.69. The molecule has 1 heterocycles. The average Bonchev–Trinajstić information content (AvgIpc) is 3.30. The van der Waals surface area contributed by atoms with Crippen LogP contribution in [-0.2, 0) is 11.2 Å². The Hall–Kier alpha value is -3.36. The second-order valence-electron chi connectivity index (χ2n) is 7.70. The quantitative estimate of drug-likeness (QED) is 0.638. The third-order valence-electron chi connectivity index (χ3n) is 5.74. The Morgan fingerprint density at radius 3 is 2.70 bits per heavy atom. The normalized spacial score (nSPS) is 15.1. The lowest BCUT2D eigenvalue weighted by Crippen LogP contribution is -2.36. The smallest absolute Gasteiger partial charge is 0.238 e. The van der Waals surface area contributed by atoms with Gasteiger partial charge in [0, 0.05) is 6.04 Å². The van der Waals surface area contributed by atoms with Gasteiger partial charge in [0.1, 0.15) is 0 Å². The van der Waals surface area contributed by atoms with Gasteiger partial charge in [-0.05, 0) is 49.9 Å². The van der Waals surface area contributed by atoms with E-state index in [2.05, 4.69) is 45.5 Å². The SMILES string of the molecule is C#CCN(CC(=O)Nc1c(C)nn(-c2ccccc2)c1C)[C@@H]1CCc2ccccc21. The largest absolute Gasteiger partial charge is 0.322 e. The van der Waals surface area contributed by atoms with Crippen LogP contribution in [0.4, 0.5) is 5.69 Å². The molecule has 0 saturated heterocycles. The topological polar surface area (TPSA) is 50.2 Å². The molecule has 0 aliphatic heterocycles. The van der Waals surface area contributed by atoms with E-state index in [0.717, 1.165) is 35.6 Å². The fraction of sp³-hybridized carbons (Fsp3) is 0.280. The molecule has 30 heavy (non-hydrogen) atoms. The molecule has 0 unspecified atom stereocenters. The summed E-state index contributed by atoms with van der Waals surface area (Å²) in [6.07, 6.45) is 7.63. The van der Waals surface area contributed by atoms with Crippen LogP contribution in [0.5, 0.6) is 0 Å². The van der Waals surface area contributed by atoms with Gasteiger partial charge in [-0.15, -0.1) is 6.42 Å². The highest BCUT2D eigenvalue weighted by molar-refractivity contribution is 5.93. The molecule has 1 aliphatic carbocycles. The monoisotopic (exact) mass is 398 g/mol. The van der Waals surface area contributed by atoms with E-state index in [1.807, 2.05) is 48.9 Å². The van der Waals surface area contributed by atoms with Gasteiger partial charge in [-0.25, -0.2) is 4.68 Å². The lowest BCUT2D eigenvalue weighted by atomic mass is 10.1. The molecule has 1 aromatic heterocycles. The summed E-state index contributed by atoms with van der Waals surface area (Å²) >= 11 is 0. The number of fused-ring (bicyclic) bond motifs is 1. The van der Waals surface area contributed by atoms with Crippen molar-refractivity contribution in [2.45, 2.75) is 32.7 Å². The predicted octanol–water partition coefficient (Wildman–Crippen LogP) is 4.05. The van der Waals surface area contributed by atoms with Gasteiger partial charge in [0.2, 0.25) is 5.91 Å². The van der Waals surface area contributed by atoms with Crippen LogP contribution in [-0.4, -0.2) is 33.7 Å². The molecule has 0 fully saturated rings. The number of rotatable bonds is 6. The molecule has 5 nitrogen and oxygen atoms in total. The lowest BCUT2D eigenvalue weighted by Gasteiger charge is -2.27. The van der Waals surface area contributed by atoms with Crippen molar-refractivity contribution in [3.8, 4) is 18.0 Å². The first-order valence-electron chi connectivity index (χ1n) is 10.2. The maximum Gasteiger partial charge on any atom is 0.238 e. The zero-order valence-electron chi connectivity index (χ0n) is 17.4. The minimum Gasteiger partial charge on any atom is -0.322 e. The number of hydrogen-bond acceptors (Lipinski definition) is 3. The molecule has 2 aromatic carbocycles. The summed E-state index contributed by atoms with van der Waals surface area (Å²) in [6, 6.07) is 18.5. The Labute approximate surface area is 177 Å². The second-order valence-corrected chi connectivity index (χ2v) is 7.70. The van der Waals surface area contributed by atoms with E-state index < -0.39 is 0 Å². The van der Waals surface area contributed by atoms with Crippen molar-refractivity contribution >= 4 is 11.6 Å². The number of aryl methyl sites for hydroxylation is 2. The van der Waals surface area contributed by atoms with Gasteiger partial charge in [0.15, 0.2) is 0 Å². The third-order valence-corrected chi connectivity index (χ3v) is 5.74. The van der Waals surface area contributed by atoms with Crippen LogP contribution < -0.4 is 5.32 Å². The van der Waals surface area contributed by atoms with Crippen molar-refractivity contribution in [1.29, 1.82) is 0 Å². The molecule has 0 saturated carbocycles. The van der Waals surface area contributed by atoms with Crippen LogP contribution in [0.15, 0.2) is 54.6 Å². The van der Waals surface area contributed by atoms with Crippen molar-refractivity contribution in [3.63, 3.8) is 0 Å². The van der Waals surface area contributed by atoms with Crippen molar-refractivity contribution in [3.05, 3.63) is 77.1 Å². The number of nitrogens with zero attached hydrogens (tertiary/aromatic N) is 3. The predicted molar refractivity (Wildman–Crippen MR) is 120 cm³/mol. The van der Waals surface area contributed by atoms with Gasteiger partial charge in [0.05, 0.1) is 35.9 Å². The summed E-state index contributed by atoms with van der Waals surface area (Å²) in [5.41, 5.74) is 6.05. The molecule has 1 aliphatic rings. The van der Waals surface area contributed by atoms with Crippen LogP contribution in [0.2, 0.25) is 0 Å². The van der Waals surface area contributed by atoms with Crippen molar-refractivity contribution in [2.75, 3.05) is 18.4 Å². The maximum atomic E-state index is 13.0. The number of amides is 1. The van der Waals surface area contributed by atoms with Crippen LogP contribution in [0, 0.1) is 26.2 Å². The van der Waals surface area contributed by atoms with Crippen molar-refractivity contribution in [2.24, 2.45) is 0 Å². The fourth-order valence-corrected chi connectivity index (χ4v) is 4.32. The summed E-state index contributed by atoms with van der Waals surface area (Å²) < 4.78 is 1.86. The number of nitrogens with one attached hydrogen (secondary N) is 1. The molecule has 3 aromatic rings. The van der Waals surface area contributed by atoms with E-state index in [-0.39, 0.29) is 18.5 Å². The zero-order valence-corrected chi connectivity index (χ0v) is 17.4. The Bertz CT molecular complexity index is 1090. The third kappa shape index (κ3) is 3.87. The molecule has 152 valence electrons. The number of terminal acetylenes is 1. The Morgan fingerprint density at radius 2 is 1.93 bits per heavy atom. The van der Waals surface area contributed by atoms with Crippen LogP contribution in [0.3, 0.4) is 0 Å². The van der Waals surface area contributed by atoms with Gasteiger partial charge in [0.25, 0.3) is 0 Å². The lowest BCUT2D eigenvalue weighted by molar-refractivity contribution is -0.117. The minimum absolute atomic E-state index is 0.0755. The number of hydrogen-bond donors (Lipinski definition) is 1. The summed E-state index contributed by atoms with van der Waals surface area (Å²) in [4.78, 5) is 15.0. The second kappa shape index (κ2) is 8.56. The molecule has 1 N–H and O–H groups in total. The molecule has 1 amide bonds. The number of carbonyl (C=O) groups is 1. The zero-order chi connectivity index (χ0) is 21.1. The van der Waals surface area contributed by atoms with E-state index in [4.69, 9.17) is 6.42 Å². The van der Waals surface area contributed by atoms with Gasteiger partial charge in [-0.3, -0.25) is 9.69 Å². The number of anilines is 1. The number of benzene rings is 2. The summed E-state index contributed by atoms with van der Waals surface area (Å²) in [5.74, 6) is 2.65. The standard InChI is InChI=1S/C25H26N4O/c1-4-16-28(23-15-14-20-10-8-9-13-22(20)23)17-24(30)26-25-18(2)27-29(19(25)3)21-11-6-5-7-12-21/h1,5-13,23H,14-17H2,2-3H3,(H,26,30)/t23-/m1/s1. The minimum atomic E-state index is -0.0755. The van der Waals surface area contributed by atoms with Crippen molar-refractivity contribution in [1.82, 2.24) is 14.7 Å². The van der Waals surface area contributed by atoms with E-state index in [1.54, 1.807) is 0 Å². The summed E-state index contributed by atoms with van der Waals surface area (Å²) in [7, 11) is 0. The molecule has 0 bridgehead atoms. The van der Waals surface area contributed by atoms with Gasteiger partial charge in [-0.1, -0.05) is 48.4 Å². The molecule has 4 rings (SSSR count). The van der Waals surface area contributed by atoms with Crippen LogP contribution in [0.25, 0.3) is 5.69 Å². The Balaban J connectivity index is 1.51. The molecular weight excluding hydrogens is 372 g/mol. The Morgan fingerprint density at radius 1 is 1.20 bits per heavy atom. The molecular formula is C25H26N4O. The van der Waals surface area contributed by atoms with E-state index in [0.29, 0.717) is 6.54 Å². The summed E-state index contributed by atoms with van der Waals surface area (Å²) in [6.45, 7) is 4.57. The molecule has 0 radical (unpaired) electrons. The first-order chi connectivity index (χ1) is 14.6. The number of aromatic nitrogens is 2. The van der Waals surface area contributed by atoms with E-state index in [9.17, 15) is 4.79 Å². The van der Waals surface area contributed by atoms with E-state index >= 15 is 0 Å². The number of para-hydroxylation sites is 1. The van der Waals surface area contributed by atoms with Gasteiger partial charge >= 0.3 is 0 Å². The summed E-state index contributed by atoms with van der Waals surface area (Å²) in [5, 5.41) is 7.68.